The quantitative estimate of drug-likeness (QED) is 0.869. The van der Waals surface area contributed by atoms with Gasteiger partial charge in [-0.05, 0) is 39.7 Å². The Bertz CT molecular complexity index is 582. The third-order valence-corrected chi connectivity index (χ3v) is 2.89. The van der Waals surface area contributed by atoms with Gasteiger partial charge in [0.05, 0.1) is 11.6 Å². The van der Waals surface area contributed by atoms with Crippen LogP contribution in [0.25, 0.3) is 0 Å². The van der Waals surface area contributed by atoms with Crippen molar-refractivity contribution in [2.75, 3.05) is 12.4 Å². The lowest BCUT2D eigenvalue weighted by Gasteiger charge is -2.09. The van der Waals surface area contributed by atoms with Gasteiger partial charge < -0.3 is 10.1 Å². The lowest BCUT2D eigenvalue weighted by molar-refractivity contribution is 0.386. The van der Waals surface area contributed by atoms with Gasteiger partial charge in [0.15, 0.2) is 11.6 Å². The Morgan fingerprint density at radius 3 is 2.89 bits per heavy atom. The fourth-order valence-electron chi connectivity index (χ4n) is 1.31. The highest BCUT2D eigenvalue weighted by molar-refractivity contribution is 9.10. The van der Waals surface area contributed by atoms with E-state index in [1.165, 1.54) is 25.4 Å². The van der Waals surface area contributed by atoms with E-state index in [2.05, 4.69) is 31.2 Å². The summed E-state index contributed by atoms with van der Waals surface area (Å²) in [5.41, 5.74) is 0.531. The number of halogens is 3. The molecule has 0 bridgehead atoms. The molecular formula is C11H8BrClFN3O. The van der Waals surface area contributed by atoms with Gasteiger partial charge in [-0.3, -0.25) is 0 Å². The maximum Gasteiger partial charge on any atom is 0.224 e. The maximum absolute atomic E-state index is 13.5. The Morgan fingerprint density at radius 2 is 2.22 bits per heavy atom. The summed E-state index contributed by atoms with van der Waals surface area (Å²) < 4.78 is 19.0. The van der Waals surface area contributed by atoms with Gasteiger partial charge in [-0.15, -0.1) is 0 Å². The number of benzene rings is 1. The van der Waals surface area contributed by atoms with E-state index in [1.54, 1.807) is 6.07 Å². The van der Waals surface area contributed by atoms with Crippen molar-refractivity contribution in [1.82, 2.24) is 9.97 Å². The Labute approximate surface area is 116 Å². The number of nitrogens with one attached hydrogen (secondary N) is 1. The predicted molar refractivity (Wildman–Crippen MR) is 71.0 cm³/mol. The van der Waals surface area contributed by atoms with E-state index in [9.17, 15) is 4.39 Å². The van der Waals surface area contributed by atoms with Gasteiger partial charge in [-0.1, -0.05) is 0 Å². The Kier molecular flexibility index (Phi) is 3.98. The number of ether oxygens (including phenoxy) is 1. The summed E-state index contributed by atoms with van der Waals surface area (Å²) in [4.78, 5) is 7.78. The van der Waals surface area contributed by atoms with E-state index >= 15 is 0 Å². The minimum atomic E-state index is -0.459. The van der Waals surface area contributed by atoms with Crippen molar-refractivity contribution in [1.29, 1.82) is 0 Å². The molecule has 4 nitrogen and oxygen atoms in total. The first-order valence-electron chi connectivity index (χ1n) is 4.89. The zero-order valence-corrected chi connectivity index (χ0v) is 11.6. The number of nitrogens with zero attached hydrogens (tertiary/aromatic N) is 2. The maximum atomic E-state index is 13.5. The van der Waals surface area contributed by atoms with Crippen molar-refractivity contribution < 1.29 is 9.13 Å². The molecular weight excluding hydrogens is 324 g/mol. The summed E-state index contributed by atoms with van der Waals surface area (Å²) in [5.74, 6) is 0.179. The van der Waals surface area contributed by atoms with Crippen LogP contribution in [-0.4, -0.2) is 17.1 Å². The van der Waals surface area contributed by atoms with Crippen molar-refractivity contribution in [2.24, 2.45) is 0 Å². The molecule has 0 fully saturated rings. The van der Waals surface area contributed by atoms with Gasteiger partial charge in [0.2, 0.25) is 5.28 Å². The molecule has 0 atom stereocenters. The fraction of sp³-hybridized carbons (Fsp3) is 0.0909. The van der Waals surface area contributed by atoms with E-state index in [0.717, 1.165) is 0 Å². The van der Waals surface area contributed by atoms with Crippen molar-refractivity contribution in [3.05, 3.63) is 40.0 Å². The highest BCUT2D eigenvalue weighted by Gasteiger charge is 2.07. The molecule has 0 radical (unpaired) electrons. The van der Waals surface area contributed by atoms with Gasteiger partial charge in [-0.25, -0.2) is 9.37 Å². The SMILES string of the molecule is COc1ccc(Nc2nc(Cl)ncc2Br)cc1F. The monoisotopic (exact) mass is 331 g/mol. The van der Waals surface area contributed by atoms with Crippen LogP contribution in [0, 0.1) is 5.82 Å². The lowest BCUT2D eigenvalue weighted by atomic mass is 10.3. The average molecular weight is 333 g/mol. The molecule has 1 N–H and O–H groups in total. The molecule has 1 heterocycles. The zero-order chi connectivity index (χ0) is 13.1. The highest BCUT2D eigenvalue weighted by Crippen LogP contribution is 2.26. The Morgan fingerprint density at radius 1 is 1.44 bits per heavy atom. The molecule has 0 spiro atoms. The number of methoxy groups -OCH3 is 1. The second-order valence-corrected chi connectivity index (χ2v) is 4.50. The standard InChI is InChI=1S/C11H8BrClFN3O/c1-18-9-3-2-6(4-8(9)14)16-10-7(12)5-15-11(13)17-10/h2-5H,1H3,(H,15,16,17). The van der Waals surface area contributed by atoms with Crippen LogP contribution in [0.4, 0.5) is 15.9 Å². The Balaban J connectivity index is 2.28. The summed E-state index contributed by atoms with van der Waals surface area (Å²) in [5, 5.41) is 3.03. The molecule has 2 rings (SSSR count). The van der Waals surface area contributed by atoms with Gasteiger partial charge in [-0.2, -0.15) is 4.98 Å². The number of aromatic nitrogens is 2. The first-order chi connectivity index (χ1) is 8.60. The fourth-order valence-corrected chi connectivity index (χ4v) is 1.74. The molecule has 2 aromatic rings. The number of hydrogen-bond donors (Lipinski definition) is 1. The number of hydrogen-bond acceptors (Lipinski definition) is 4. The summed E-state index contributed by atoms with van der Waals surface area (Å²) in [7, 11) is 1.41. The van der Waals surface area contributed by atoms with E-state index in [1.807, 2.05) is 0 Å². The highest BCUT2D eigenvalue weighted by atomic mass is 79.9. The molecule has 18 heavy (non-hydrogen) atoms. The molecule has 0 amide bonds. The number of rotatable bonds is 3. The van der Waals surface area contributed by atoms with E-state index < -0.39 is 5.82 Å². The molecule has 0 aliphatic heterocycles. The topological polar surface area (TPSA) is 47.0 Å². The smallest absolute Gasteiger partial charge is 0.224 e. The van der Waals surface area contributed by atoms with Gasteiger partial charge in [0, 0.05) is 18.0 Å². The second-order valence-electron chi connectivity index (χ2n) is 3.31. The van der Waals surface area contributed by atoms with Crippen LogP contribution >= 0.6 is 27.5 Å². The van der Waals surface area contributed by atoms with Crippen LogP contribution in [0.5, 0.6) is 5.75 Å². The van der Waals surface area contributed by atoms with Crippen LogP contribution in [-0.2, 0) is 0 Å². The van der Waals surface area contributed by atoms with Crippen LogP contribution in [0.15, 0.2) is 28.9 Å². The van der Waals surface area contributed by atoms with Crippen LogP contribution in [0.3, 0.4) is 0 Å². The minimum absolute atomic E-state index is 0.106. The summed E-state index contributed by atoms with van der Waals surface area (Å²) in [6.45, 7) is 0. The summed E-state index contributed by atoms with van der Waals surface area (Å²) in [6, 6.07) is 4.50. The molecule has 0 saturated heterocycles. The molecule has 0 saturated carbocycles. The summed E-state index contributed by atoms with van der Waals surface area (Å²) >= 11 is 8.95. The minimum Gasteiger partial charge on any atom is -0.494 e. The van der Waals surface area contributed by atoms with Gasteiger partial charge in [0.1, 0.15) is 5.82 Å². The van der Waals surface area contributed by atoms with Gasteiger partial charge in [0.25, 0.3) is 0 Å². The zero-order valence-electron chi connectivity index (χ0n) is 9.25. The van der Waals surface area contributed by atoms with Crippen LogP contribution < -0.4 is 10.1 Å². The summed E-state index contributed by atoms with van der Waals surface area (Å²) in [6.07, 6.45) is 1.51. The van der Waals surface area contributed by atoms with Crippen LogP contribution in [0.1, 0.15) is 0 Å². The number of anilines is 2. The third-order valence-electron chi connectivity index (χ3n) is 2.13. The Hall–Kier alpha value is -1.40. The van der Waals surface area contributed by atoms with Gasteiger partial charge >= 0.3 is 0 Å². The van der Waals surface area contributed by atoms with E-state index in [0.29, 0.717) is 16.0 Å². The van der Waals surface area contributed by atoms with Crippen molar-refractivity contribution in [3.8, 4) is 5.75 Å². The third kappa shape index (κ3) is 2.88. The van der Waals surface area contributed by atoms with Crippen LogP contribution in [0.2, 0.25) is 5.28 Å². The molecule has 1 aromatic carbocycles. The molecule has 7 heteroatoms. The molecule has 0 aliphatic rings. The largest absolute Gasteiger partial charge is 0.494 e. The average Bonchev–Trinajstić information content (AvgIpc) is 2.34. The molecule has 0 unspecified atom stereocenters. The predicted octanol–water partition coefficient (Wildman–Crippen LogP) is 3.78. The molecule has 94 valence electrons. The second kappa shape index (κ2) is 5.49. The molecule has 1 aromatic heterocycles. The normalized spacial score (nSPS) is 10.2. The molecule has 0 aliphatic carbocycles. The van der Waals surface area contributed by atoms with Crippen molar-refractivity contribution in [2.45, 2.75) is 0 Å². The lowest BCUT2D eigenvalue weighted by Crippen LogP contribution is -1.97. The van der Waals surface area contributed by atoms with Crippen molar-refractivity contribution in [3.63, 3.8) is 0 Å². The van der Waals surface area contributed by atoms with E-state index in [-0.39, 0.29) is 11.0 Å². The van der Waals surface area contributed by atoms with E-state index in [4.69, 9.17) is 16.3 Å². The van der Waals surface area contributed by atoms with Crippen molar-refractivity contribution >= 4 is 39.0 Å². The first-order valence-corrected chi connectivity index (χ1v) is 6.06. The first kappa shape index (κ1) is 13.0.